The highest BCUT2D eigenvalue weighted by Crippen LogP contribution is 2.22. The van der Waals surface area contributed by atoms with Crippen LogP contribution in [0.5, 0.6) is 0 Å². The molecule has 0 saturated heterocycles. The summed E-state index contributed by atoms with van der Waals surface area (Å²) in [7, 11) is 0. The minimum atomic E-state index is -0.204. The molecule has 1 amide bonds. The Morgan fingerprint density at radius 2 is 1.91 bits per heavy atom. The summed E-state index contributed by atoms with van der Waals surface area (Å²) in [6.45, 7) is 0. The Bertz CT molecular complexity index is 926. The molecule has 3 rings (SSSR count). The summed E-state index contributed by atoms with van der Waals surface area (Å²) in [6.07, 6.45) is 0. The molecule has 0 spiro atoms. The molecular weight excluding hydrogens is 378 g/mol. The van der Waals surface area contributed by atoms with E-state index in [0.717, 1.165) is 4.47 Å². The van der Waals surface area contributed by atoms with E-state index in [1.165, 1.54) is 11.8 Å². The summed E-state index contributed by atoms with van der Waals surface area (Å²) < 4.78 is 0.815. The van der Waals surface area contributed by atoms with Crippen LogP contribution in [0.1, 0.15) is 0 Å². The van der Waals surface area contributed by atoms with Crippen LogP contribution in [-0.2, 0) is 4.79 Å². The quantitative estimate of drug-likeness (QED) is 0.529. The number of para-hydroxylation sites is 2. The number of amides is 1. The fourth-order valence-electron chi connectivity index (χ4n) is 2.02. The number of anilines is 1. The highest BCUT2D eigenvalue weighted by atomic mass is 79.9. The predicted molar refractivity (Wildman–Crippen MR) is 95.9 cm³/mol. The van der Waals surface area contributed by atoms with Gasteiger partial charge in [0.2, 0.25) is 5.91 Å². The summed E-state index contributed by atoms with van der Waals surface area (Å²) in [5.41, 5.74) is 1.12. The summed E-state index contributed by atoms with van der Waals surface area (Å²) in [5, 5.41) is 3.77. The van der Waals surface area contributed by atoms with E-state index >= 15 is 0 Å². The van der Waals surface area contributed by atoms with Gasteiger partial charge in [0.1, 0.15) is 0 Å². The lowest BCUT2D eigenvalue weighted by atomic mass is 10.2. The number of halogens is 1. The topological polar surface area (TPSA) is 74.8 Å². The van der Waals surface area contributed by atoms with Crippen LogP contribution in [0.25, 0.3) is 10.9 Å². The van der Waals surface area contributed by atoms with Gasteiger partial charge in [-0.3, -0.25) is 9.59 Å². The standard InChI is InChI=1S/C16H12BrN3O2S/c17-11-6-2-4-8-13(11)18-14(21)9-23-16-19-12-7-3-1-5-10(12)15(22)20-16/h1-8H,9H2,(H,18,21)(H,19,20,22). The van der Waals surface area contributed by atoms with Crippen molar-refractivity contribution in [1.82, 2.24) is 9.97 Å². The molecule has 116 valence electrons. The molecule has 0 radical (unpaired) electrons. The number of nitrogens with one attached hydrogen (secondary N) is 2. The fraction of sp³-hybridized carbons (Fsp3) is 0.0625. The SMILES string of the molecule is O=C(CSc1nc2ccccc2c(=O)[nH]1)Nc1ccccc1Br. The van der Waals surface area contributed by atoms with E-state index in [4.69, 9.17) is 0 Å². The largest absolute Gasteiger partial charge is 0.324 e. The fourth-order valence-corrected chi connectivity index (χ4v) is 3.07. The zero-order chi connectivity index (χ0) is 16.2. The van der Waals surface area contributed by atoms with Crippen molar-refractivity contribution in [3.63, 3.8) is 0 Å². The number of rotatable bonds is 4. The Balaban J connectivity index is 1.70. The molecule has 0 bridgehead atoms. The van der Waals surface area contributed by atoms with E-state index in [9.17, 15) is 9.59 Å². The second-order valence-electron chi connectivity index (χ2n) is 4.70. The maximum absolute atomic E-state index is 12.0. The van der Waals surface area contributed by atoms with E-state index in [2.05, 4.69) is 31.2 Å². The molecular formula is C16H12BrN3O2S. The average molecular weight is 390 g/mol. The molecule has 0 atom stereocenters. The third kappa shape index (κ3) is 3.80. The maximum atomic E-state index is 12.0. The van der Waals surface area contributed by atoms with Gasteiger partial charge in [0, 0.05) is 4.47 Å². The summed E-state index contributed by atoms with van der Waals surface area (Å²) >= 11 is 4.56. The second-order valence-corrected chi connectivity index (χ2v) is 6.52. The minimum absolute atomic E-state index is 0.155. The van der Waals surface area contributed by atoms with Crippen molar-refractivity contribution in [3.05, 3.63) is 63.4 Å². The van der Waals surface area contributed by atoms with Crippen LogP contribution in [-0.4, -0.2) is 21.6 Å². The van der Waals surface area contributed by atoms with Crippen molar-refractivity contribution >= 4 is 50.2 Å². The van der Waals surface area contributed by atoms with Crippen LogP contribution in [0.3, 0.4) is 0 Å². The second kappa shape index (κ2) is 6.97. The number of H-pyrrole nitrogens is 1. The van der Waals surface area contributed by atoms with Crippen LogP contribution in [0.4, 0.5) is 5.69 Å². The van der Waals surface area contributed by atoms with E-state index < -0.39 is 0 Å². The van der Waals surface area contributed by atoms with Gasteiger partial charge in [-0.2, -0.15) is 0 Å². The number of hydrogen-bond donors (Lipinski definition) is 2. The first-order valence-corrected chi connectivity index (χ1v) is 8.57. The lowest BCUT2D eigenvalue weighted by molar-refractivity contribution is -0.113. The average Bonchev–Trinajstić information content (AvgIpc) is 2.55. The lowest BCUT2D eigenvalue weighted by Gasteiger charge is -2.07. The van der Waals surface area contributed by atoms with Crippen molar-refractivity contribution in [1.29, 1.82) is 0 Å². The highest BCUT2D eigenvalue weighted by Gasteiger charge is 2.08. The third-order valence-electron chi connectivity index (χ3n) is 3.08. The summed E-state index contributed by atoms with van der Waals surface area (Å²) in [5.74, 6) is -0.0134. The van der Waals surface area contributed by atoms with Gasteiger partial charge in [-0.05, 0) is 40.2 Å². The first-order valence-electron chi connectivity index (χ1n) is 6.80. The van der Waals surface area contributed by atoms with E-state index in [1.54, 1.807) is 18.2 Å². The molecule has 0 aliphatic heterocycles. The molecule has 5 nitrogen and oxygen atoms in total. The Kier molecular flexibility index (Phi) is 4.78. The van der Waals surface area contributed by atoms with Gasteiger partial charge < -0.3 is 10.3 Å². The summed E-state index contributed by atoms with van der Waals surface area (Å²) in [6, 6.07) is 14.5. The van der Waals surface area contributed by atoms with Crippen LogP contribution in [0.15, 0.2) is 63.0 Å². The van der Waals surface area contributed by atoms with Gasteiger partial charge in [0.05, 0.1) is 22.3 Å². The van der Waals surface area contributed by atoms with Crippen molar-refractivity contribution in [2.75, 3.05) is 11.1 Å². The summed E-state index contributed by atoms with van der Waals surface area (Å²) in [4.78, 5) is 31.0. The molecule has 3 aromatic rings. The number of nitrogens with zero attached hydrogens (tertiary/aromatic N) is 1. The van der Waals surface area contributed by atoms with Crippen molar-refractivity contribution in [2.45, 2.75) is 5.16 Å². The number of benzene rings is 2. The lowest BCUT2D eigenvalue weighted by Crippen LogP contribution is -2.15. The molecule has 0 aliphatic carbocycles. The molecule has 0 unspecified atom stereocenters. The van der Waals surface area contributed by atoms with Gasteiger partial charge in [-0.15, -0.1) is 0 Å². The Morgan fingerprint density at radius 3 is 2.74 bits per heavy atom. The van der Waals surface area contributed by atoms with Crippen LogP contribution >= 0.6 is 27.7 Å². The molecule has 2 N–H and O–H groups in total. The van der Waals surface area contributed by atoms with Gasteiger partial charge in [0.15, 0.2) is 5.16 Å². The Hall–Kier alpha value is -2.12. The molecule has 0 saturated carbocycles. The van der Waals surface area contributed by atoms with E-state index in [0.29, 0.717) is 21.7 Å². The van der Waals surface area contributed by atoms with E-state index in [-0.39, 0.29) is 17.2 Å². The maximum Gasteiger partial charge on any atom is 0.259 e. The molecule has 1 heterocycles. The van der Waals surface area contributed by atoms with Crippen molar-refractivity contribution < 1.29 is 4.79 Å². The first-order chi connectivity index (χ1) is 11.1. The molecule has 0 aliphatic rings. The smallest absolute Gasteiger partial charge is 0.259 e. The number of carbonyl (C=O) groups is 1. The van der Waals surface area contributed by atoms with Gasteiger partial charge in [-0.25, -0.2) is 4.98 Å². The van der Waals surface area contributed by atoms with Crippen molar-refractivity contribution in [3.8, 4) is 0 Å². The number of aromatic amines is 1. The van der Waals surface area contributed by atoms with Crippen LogP contribution < -0.4 is 10.9 Å². The normalized spacial score (nSPS) is 10.7. The van der Waals surface area contributed by atoms with Gasteiger partial charge in [-0.1, -0.05) is 36.0 Å². The monoisotopic (exact) mass is 389 g/mol. The molecule has 2 aromatic carbocycles. The number of fused-ring (bicyclic) bond motifs is 1. The number of carbonyl (C=O) groups excluding carboxylic acids is 1. The first kappa shape index (κ1) is 15.8. The molecule has 0 fully saturated rings. The molecule has 23 heavy (non-hydrogen) atoms. The molecule has 1 aromatic heterocycles. The van der Waals surface area contributed by atoms with Crippen molar-refractivity contribution in [2.24, 2.45) is 0 Å². The van der Waals surface area contributed by atoms with Crippen LogP contribution in [0.2, 0.25) is 0 Å². The van der Waals surface area contributed by atoms with Crippen LogP contribution in [0, 0.1) is 0 Å². The van der Waals surface area contributed by atoms with E-state index in [1.807, 2.05) is 30.3 Å². The molecule has 7 heteroatoms. The van der Waals surface area contributed by atoms with Gasteiger partial charge >= 0.3 is 0 Å². The minimum Gasteiger partial charge on any atom is -0.324 e. The zero-order valence-corrected chi connectivity index (χ0v) is 14.3. The Morgan fingerprint density at radius 1 is 1.17 bits per heavy atom. The number of thioether (sulfide) groups is 1. The Labute approximate surface area is 144 Å². The third-order valence-corrected chi connectivity index (χ3v) is 4.64. The number of aromatic nitrogens is 2. The predicted octanol–water partition coefficient (Wildman–Crippen LogP) is 3.42. The zero-order valence-electron chi connectivity index (χ0n) is 11.9. The number of hydrogen-bond acceptors (Lipinski definition) is 4. The highest BCUT2D eigenvalue weighted by molar-refractivity contribution is 9.10. The van der Waals surface area contributed by atoms with Gasteiger partial charge in [0.25, 0.3) is 5.56 Å².